The molecule has 1 aromatic heterocycles. The number of nitrogens with two attached hydrogens (primary N) is 1. The molecule has 90 valence electrons. The molecule has 6 heteroatoms. The zero-order valence-electron chi connectivity index (χ0n) is 9.46. The van der Waals surface area contributed by atoms with Crippen molar-refractivity contribution in [1.29, 1.82) is 0 Å². The number of aryl methyl sites for hydroxylation is 1. The molecule has 1 aromatic rings. The molecule has 0 radical (unpaired) electrons. The Balaban J connectivity index is 2.04. The second-order valence-electron chi connectivity index (χ2n) is 4.13. The van der Waals surface area contributed by atoms with E-state index < -0.39 is 0 Å². The molecule has 3 N–H and O–H groups in total. The molecule has 1 saturated carbocycles. The van der Waals surface area contributed by atoms with Crippen LogP contribution in [0.5, 0.6) is 0 Å². The van der Waals surface area contributed by atoms with Gasteiger partial charge in [0, 0.05) is 11.7 Å². The number of nitrogens with zero attached hydrogens (tertiary/aromatic N) is 3. The van der Waals surface area contributed by atoms with E-state index in [2.05, 4.69) is 10.2 Å². The molecular weight excluding hydrogens is 224 g/mol. The molecule has 2 rings (SSSR count). The molecule has 2 unspecified atom stereocenters. The number of aromatic nitrogens is 3. The number of aliphatic hydroxyl groups is 1. The number of rotatable bonds is 3. The molecule has 5 nitrogen and oxygen atoms in total. The molecule has 0 aliphatic heterocycles. The summed E-state index contributed by atoms with van der Waals surface area (Å²) >= 11 is 1.55. The second kappa shape index (κ2) is 5.05. The Hall–Kier alpha value is -0.750. The number of thioether (sulfide) groups is 1. The van der Waals surface area contributed by atoms with Crippen molar-refractivity contribution in [3.63, 3.8) is 0 Å². The van der Waals surface area contributed by atoms with Gasteiger partial charge < -0.3 is 10.9 Å². The van der Waals surface area contributed by atoms with Crippen LogP contribution in [0.2, 0.25) is 0 Å². The van der Waals surface area contributed by atoms with Gasteiger partial charge in [0.2, 0.25) is 5.16 Å². The molecule has 1 fully saturated rings. The van der Waals surface area contributed by atoms with Crippen molar-refractivity contribution in [2.45, 2.75) is 55.5 Å². The Bertz CT molecular complexity index is 355. The van der Waals surface area contributed by atoms with Crippen LogP contribution >= 0.6 is 11.8 Å². The minimum absolute atomic E-state index is 0.213. The van der Waals surface area contributed by atoms with Gasteiger partial charge in [-0.1, -0.05) is 31.5 Å². The van der Waals surface area contributed by atoms with Crippen molar-refractivity contribution < 1.29 is 5.11 Å². The first-order valence-electron chi connectivity index (χ1n) is 5.76. The van der Waals surface area contributed by atoms with Crippen LogP contribution in [0.3, 0.4) is 0 Å². The highest BCUT2D eigenvalue weighted by molar-refractivity contribution is 7.99. The summed E-state index contributed by atoms with van der Waals surface area (Å²) in [4.78, 5) is 0. The fourth-order valence-corrected chi connectivity index (χ4v) is 3.13. The fourth-order valence-electron chi connectivity index (χ4n) is 1.98. The van der Waals surface area contributed by atoms with E-state index in [1.54, 1.807) is 11.8 Å². The lowest BCUT2D eigenvalue weighted by atomic mass is 9.97. The molecule has 1 aliphatic rings. The predicted octanol–water partition coefficient (Wildman–Crippen LogP) is 0.950. The highest BCUT2D eigenvalue weighted by atomic mass is 32.2. The molecule has 0 amide bonds. The smallest absolute Gasteiger partial charge is 0.210 e. The van der Waals surface area contributed by atoms with Gasteiger partial charge in [0.05, 0.1) is 6.10 Å². The minimum atomic E-state index is -0.236. The van der Waals surface area contributed by atoms with Gasteiger partial charge in [-0.2, -0.15) is 0 Å². The van der Waals surface area contributed by atoms with Gasteiger partial charge >= 0.3 is 0 Å². The van der Waals surface area contributed by atoms with E-state index in [1.165, 1.54) is 11.1 Å². The molecule has 0 bridgehead atoms. The van der Waals surface area contributed by atoms with Crippen molar-refractivity contribution in [3.05, 3.63) is 5.82 Å². The molecule has 0 saturated heterocycles. The maximum atomic E-state index is 9.87. The number of hydrogen-bond acceptors (Lipinski definition) is 5. The van der Waals surface area contributed by atoms with Crippen molar-refractivity contribution >= 4 is 11.8 Å². The van der Waals surface area contributed by atoms with Gasteiger partial charge in [0.15, 0.2) is 5.82 Å². The van der Waals surface area contributed by atoms with Crippen LogP contribution in [0.15, 0.2) is 5.16 Å². The third-order valence-corrected chi connectivity index (χ3v) is 4.32. The largest absolute Gasteiger partial charge is 0.392 e. The zero-order valence-corrected chi connectivity index (χ0v) is 10.3. The zero-order chi connectivity index (χ0) is 11.5. The van der Waals surface area contributed by atoms with Crippen LogP contribution in [0.4, 0.5) is 0 Å². The molecule has 2 atom stereocenters. The highest BCUT2D eigenvalue weighted by Crippen LogP contribution is 2.32. The minimum Gasteiger partial charge on any atom is -0.392 e. The molecule has 1 aliphatic carbocycles. The molecule has 0 aromatic carbocycles. The average molecular weight is 242 g/mol. The lowest BCUT2D eigenvalue weighted by Crippen LogP contribution is -2.27. The first-order valence-corrected chi connectivity index (χ1v) is 6.64. The molecule has 1 heterocycles. The van der Waals surface area contributed by atoms with Gasteiger partial charge in [-0.25, -0.2) is 4.68 Å². The van der Waals surface area contributed by atoms with Crippen LogP contribution in [-0.2, 0) is 6.42 Å². The summed E-state index contributed by atoms with van der Waals surface area (Å²) in [5, 5.41) is 18.9. The summed E-state index contributed by atoms with van der Waals surface area (Å²) in [5.41, 5.74) is 0. The van der Waals surface area contributed by atoms with Crippen LogP contribution in [0.1, 0.15) is 38.4 Å². The maximum absolute atomic E-state index is 9.87. The first kappa shape index (κ1) is 11.7. The average Bonchev–Trinajstić information content (AvgIpc) is 2.63. The van der Waals surface area contributed by atoms with Crippen LogP contribution in [-0.4, -0.2) is 31.3 Å². The predicted molar refractivity (Wildman–Crippen MR) is 63.7 cm³/mol. The fraction of sp³-hybridized carbons (Fsp3) is 0.800. The van der Waals surface area contributed by atoms with E-state index >= 15 is 0 Å². The Morgan fingerprint density at radius 3 is 2.81 bits per heavy atom. The lowest BCUT2D eigenvalue weighted by molar-refractivity contribution is 0.137. The number of hydrogen-bond donors (Lipinski definition) is 2. The number of nitrogen functional groups attached to an aromatic ring is 1. The SMILES string of the molecule is CCc1nnc(SC2CCCCC2O)n1N. The summed E-state index contributed by atoms with van der Waals surface area (Å²) in [6.07, 6.45) is 4.75. The molecule has 0 spiro atoms. The van der Waals surface area contributed by atoms with Crippen LogP contribution in [0.25, 0.3) is 0 Å². The summed E-state index contributed by atoms with van der Waals surface area (Å²) in [6.45, 7) is 2.00. The standard InChI is InChI=1S/C10H18N4OS/c1-2-9-12-13-10(14(9)11)16-8-6-4-3-5-7(8)15/h7-8,15H,2-6,11H2,1H3. The van der Waals surface area contributed by atoms with Gasteiger partial charge in [0.25, 0.3) is 0 Å². The highest BCUT2D eigenvalue weighted by Gasteiger charge is 2.26. The van der Waals surface area contributed by atoms with Gasteiger partial charge in [-0.3, -0.25) is 0 Å². The van der Waals surface area contributed by atoms with Crippen LogP contribution in [0, 0.1) is 0 Å². The Morgan fingerprint density at radius 2 is 2.19 bits per heavy atom. The van der Waals surface area contributed by atoms with E-state index in [0.717, 1.165) is 31.5 Å². The van der Waals surface area contributed by atoms with Gasteiger partial charge in [0.1, 0.15) is 0 Å². The third kappa shape index (κ3) is 2.32. The van der Waals surface area contributed by atoms with Crippen molar-refractivity contribution in [3.8, 4) is 0 Å². The lowest BCUT2D eigenvalue weighted by Gasteiger charge is -2.26. The van der Waals surface area contributed by atoms with Gasteiger partial charge in [-0.15, -0.1) is 10.2 Å². The monoisotopic (exact) mass is 242 g/mol. The van der Waals surface area contributed by atoms with E-state index in [1.807, 2.05) is 6.92 Å². The van der Waals surface area contributed by atoms with E-state index in [-0.39, 0.29) is 11.4 Å². The Morgan fingerprint density at radius 1 is 1.44 bits per heavy atom. The third-order valence-electron chi connectivity index (χ3n) is 2.98. The summed E-state index contributed by atoms with van der Waals surface area (Å²) in [5.74, 6) is 6.65. The molecular formula is C10H18N4OS. The van der Waals surface area contributed by atoms with E-state index in [0.29, 0.717) is 5.16 Å². The summed E-state index contributed by atoms with van der Waals surface area (Å²) in [6, 6.07) is 0. The molecule has 16 heavy (non-hydrogen) atoms. The normalized spacial score (nSPS) is 25.9. The summed E-state index contributed by atoms with van der Waals surface area (Å²) < 4.78 is 1.53. The summed E-state index contributed by atoms with van der Waals surface area (Å²) in [7, 11) is 0. The van der Waals surface area contributed by atoms with Crippen molar-refractivity contribution in [2.75, 3.05) is 5.84 Å². The van der Waals surface area contributed by atoms with Crippen LogP contribution < -0.4 is 5.84 Å². The van der Waals surface area contributed by atoms with Crippen molar-refractivity contribution in [1.82, 2.24) is 14.9 Å². The van der Waals surface area contributed by atoms with Gasteiger partial charge in [-0.05, 0) is 12.8 Å². The Kier molecular flexibility index (Phi) is 3.70. The van der Waals surface area contributed by atoms with E-state index in [9.17, 15) is 5.11 Å². The maximum Gasteiger partial charge on any atom is 0.210 e. The topological polar surface area (TPSA) is 77.0 Å². The quantitative estimate of drug-likeness (QED) is 0.772. The Labute approximate surface area is 99.4 Å². The number of aliphatic hydroxyl groups excluding tert-OH is 1. The first-order chi connectivity index (χ1) is 7.72. The van der Waals surface area contributed by atoms with Crippen molar-refractivity contribution in [2.24, 2.45) is 0 Å². The van der Waals surface area contributed by atoms with E-state index in [4.69, 9.17) is 5.84 Å². The second-order valence-corrected chi connectivity index (χ2v) is 5.34.